The fraction of sp³-hybridized carbons (Fsp3) is 0.727. The van der Waals surface area contributed by atoms with E-state index in [-0.39, 0.29) is 5.97 Å². The number of carbonyl (C=O) groups excluding carboxylic acids is 1. The quantitative estimate of drug-likeness (QED) is 0.391. The summed E-state index contributed by atoms with van der Waals surface area (Å²) in [6.07, 6.45) is 7.48. The number of esters is 1. The van der Waals surface area contributed by atoms with Crippen molar-refractivity contribution in [2.75, 3.05) is 6.61 Å². The molecule has 3 unspecified atom stereocenters. The van der Waals surface area contributed by atoms with E-state index in [0.29, 0.717) is 24.7 Å². The van der Waals surface area contributed by atoms with Gasteiger partial charge in [-0.1, -0.05) is 6.08 Å². The smallest absolute Gasteiger partial charge is 0.330 e. The second kappa shape index (κ2) is 4.13. The van der Waals surface area contributed by atoms with Crippen LogP contribution < -0.4 is 0 Å². The average molecular weight is 196 g/mol. The standard InChI is InChI=1S/C11H16O3/c1-2-3-11(12)13-7-8-4-5-9-10(6-8)14-9/h2-3,8-10H,4-7H2,1H3. The molecule has 2 rings (SSSR count). The molecule has 3 heteroatoms. The van der Waals surface area contributed by atoms with Crippen LogP contribution in [0.3, 0.4) is 0 Å². The summed E-state index contributed by atoms with van der Waals surface area (Å²) < 4.78 is 10.5. The van der Waals surface area contributed by atoms with Crippen LogP contribution >= 0.6 is 0 Å². The van der Waals surface area contributed by atoms with E-state index in [2.05, 4.69) is 0 Å². The summed E-state index contributed by atoms with van der Waals surface area (Å²) >= 11 is 0. The van der Waals surface area contributed by atoms with Crippen LogP contribution in [-0.2, 0) is 14.3 Å². The fourth-order valence-electron chi connectivity index (χ4n) is 2.02. The Hall–Kier alpha value is -0.830. The molecule has 1 aliphatic heterocycles. The van der Waals surface area contributed by atoms with E-state index in [1.165, 1.54) is 6.08 Å². The molecule has 1 saturated carbocycles. The van der Waals surface area contributed by atoms with Crippen LogP contribution in [0.2, 0.25) is 0 Å². The van der Waals surface area contributed by atoms with Gasteiger partial charge < -0.3 is 9.47 Å². The van der Waals surface area contributed by atoms with Gasteiger partial charge in [0.25, 0.3) is 0 Å². The number of hydrogen-bond donors (Lipinski definition) is 0. The third kappa shape index (κ3) is 2.35. The van der Waals surface area contributed by atoms with Crippen LogP contribution in [0.4, 0.5) is 0 Å². The molecule has 2 fully saturated rings. The molecule has 0 radical (unpaired) electrons. The van der Waals surface area contributed by atoms with Crippen LogP contribution in [0.15, 0.2) is 12.2 Å². The Morgan fingerprint density at radius 1 is 1.50 bits per heavy atom. The first-order valence-corrected chi connectivity index (χ1v) is 5.24. The second-order valence-corrected chi connectivity index (χ2v) is 4.02. The molecular weight excluding hydrogens is 180 g/mol. The molecule has 0 aromatic rings. The Labute approximate surface area is 84.1 Å². The van der Waals surface area contributed by atoms with Crippen molar-refractivity contribution in [2.45, 2.75) is 38.4 Å². The van der Waals surface area contributed by atoms with E-state index in [4.69, 9.17) is 9.47 Å². The number of carbonyl (C=O) groups is 1. The van der Waals surface area contributed by atoms with Crippen molar-refractivity contribution in [3.05, 3.63) is 12.2 Å². The number of ether oxygens (including phenoxy) is 2. The minimum Gasteiger partial charge on any atom is -0.462 e. The molecule has 2 aliphatic rings. The maximum absolute atomic E-state index is 11.0. The topological polar surface area (TPSA) is 38.8 Å². The Morgan fingerprint density at radius 3 is 3.07 bits per heavy atom. The minimum absolute atomic E-state index is 0.230. The number of rotatable bonds is 3. The third-order valence-electron chi connectivity index (χ3n) is 2.88. The van der Waals surface area contributed by atoms with E-state index in [1.54, 1.807) is 6.08 Å². The van der Waals surface area contributed by atoms with Crippen molar-refractivity contribution in [2.24, 2.45) is 5.92 Å². The van der Waals surface area contributed by atoms with Gasteiger partial charge in [0.1, 0.15) is 0 Å². The highest BCUT2D eigenvalue weighted by Crippen LogP contribution is 2.39. The van der Waals surface area contributed by atoms with E-state index in [9.17, 15) is 4.79 Å². The molecule has 3 nitrogen and oxygen atoms in total. The van der Waals surface area contributed by atoms with Crippen LogP contribution in [0.5, 0.6) is 0 Å². The summed E-state index contributed by atoms with van der Waals surface area (Å²) in [6, 6.07) is 0. The van der Waals surface area contributed by atoms with Gasteiger partial charge in [0.05, 0.1) is 18.8 Å². The van der Waals surface area contributed by atoms with Gasteiger partial charge in [-0.2, -0.15) is 0 Å². The zero-order chi connectivity index (χ0) is 9.97. The summed E-state index contributed by atoms with van der Waals surface area (Å²) in [5.74, 6) is 0.277. The molecule has 1 saturated heterocycles. The molecule has 0 aromatic carbocycles. The first-order valence-electron chi connectivity index (χ1n) is 5.24. The lowest BCUT2D eigenvalue weighted by molar-refractivity contribution is -0.139. The number of allylic oxidation sites excluding steroid dienone is 1. The molecule has 0 spiro atoms. The van der Waals surface area contributed by atoms with E-state index < -0.39 is 0 Å². The predicted molar refractivity (Wildman–Crippen MR) is 51.8 cm³/mol. The van der Waals surface area contributed by atoms with Gasteiger partial charge in [0, 0.05) is 6.08 Å². The summed E-state index contributed by atoms with van der Waals surface area (Å²) in [7, 11) is 0. The molecular formula is C11H16O3. The van der Waals surface area contributed by atoms with E-state index >= 15 is 0 Å². The SMILES string of the molecule is CC=CC(=O)OCC1CCC2OC2C1. The van der Waals surface area contributed by atoms with Crippen molar-refractivity contribution in [3.8, 4) is 0 Å². The third-order valence-corrected chi connectivity index (χ3v) is 2.88. The van der Waals surface area contributed by atoms with Gasteiger partial charge in [-0.3, -0.25) is 0 Å². The first kappa shape index (κ1) is 9.71. The van der Waals surface area contributed by atoms with Gasteiger partial charge in [-0.05, 0) is 32.1 Å². The maximum atomic E-state index is 11.0. The normalized spacial score (nSPS) is 35.4. The van der Waals surface area contributed by atoms with Crippen molar-refractivity contribution >= 4 is 5.97 Å². The number of fused-ring (bicyclic) bond motifs is 1. The number of epoxide rings is 1. The highest BCUT2D eigenvalue weighted by atomic mass is 16.6. The Balaban J connectivity index is 1.67. The summed E-state index contributed by atoms with van der Waals surface area (Å²) in [4.78, 5) is 11.0. The monoisotopic (exact) mass is 196 g/mol. The molecule has 0 aromatic heterocycles. The molecule has 78 valence electrons. The molecule has 14 heavy (non-hydrogen) atoms. The van der Waals surface area contributed by atoms with E-state index in [1.807, 2.05) is 6.92 Å². The predicted octanol–water partition coefficient (Wildman–Crippen LogP) is 1.67. The lowest BCUT2D eigenvalue weighted by Crippen LogP contribution is -2.19. The van der Waals surface area contributed by atoms with Crippen molar-refractivity contribution < 1.29 is 14.3 Å². The fourth-order valence-corrected chi connectivity index (χ4v) is 2.02. The zero-order valence-electron chi connectivity index (χ0n) is 8.44. The lowest BCUT2D eigenvalue weighted by atomic mass is 9.90. The van der Waals surface area contributed by atoms with Crippen LogP contribution in [0, 0.1) is 5.92 Å². The molecule has 0 amide bonds. The lowest BCUT2D eigenvalue weighted by Gasteiger charge is -2.17. The molecule has 0 bridgehead atoms. The molecule has 3 atom stereocenters. The van der Waals surface area contributed by atoms with Gasteiger partial charge in [-0.25, -0.2) is 4.79 Å². The summed E-state index contributed by atoms with van der Waals surface area (Å²) in [6.45, 7) is 2.36. The molecule has 1 heterocycles. The molecule has 1 aliphatic carbocycles. The highest BCUT2D eigenvalue weighted by molar-refractivity contribution is 5.81. The largest absolute Gasteiger partial charge is 0.462 e. The first-order chi connectivity index (χ1) is 6.79. The van der Waals surface area contributed by atoms with Gasteiger partial charge in [0.15, 0.2) is 0 Å². The summed E-state index contributed by atoms with van der Waals surface area (Å²) in [5, 5.41) is 0. The van der Waals surface area contributed by atoms with E-state index in [0.717, 1.165) is 19.3 Å². The summed E-state index contributed by atoms with van der Waals surface area (Å²) in [5.41, 5.74) is 0. The van der Waals surface area contributed by atoms with Gasteiger partial charge >= 0.3 is 5.97 Å². The highest BCUT2D eigenvalue weighted by Gasteiger charge is 2.43. The van der Waals surface area contributed by atoms with Gasteiger partial charge in [0.2, 0.25) is 0 Å². The van der Waals surface area contributed by atoms with Gasteiger partial charge in [-0.15, -0.1) is 0 Å². The second-order valence-electron chi connectivity index (χ2n) is 4.02. The zero-order valence-corrected chi connectivity index (χ0v) is 8.44. The minimum atomic E-state index is -0.230. The van der Waals surface area contributed by atoms with Crippen LogP contribution in [0.25, 0.3) is 0 Å². The van der Waals surface area contributed by atoms with Crippen molar-refractivity contribution in [3.63, 3.8) is 0 Å². The Kier molecular flexibility index (Phi) is 2.87. The maximum Gasteiger partial charge on any atom is 0.330 e. The molecule has 0 N–H and O–H groups in total. The van der Waals surface area contributed by atoms with Crippen molar-refractivity contribution in [1.29, 1.82) is 0 Å². The number of hydrogen-bond acceptors (Lipinski definition) is 3. The van der Waals surface area contributed by atoms with Crippen molar-refractivity contribution in [1.82, 2.24) is 0 Å². The van der Waals surface area contributed by atoms with Crippen LogP contribution in [0.1, 0.15) is 26.2 Å². The Morgan fingerprint density at radius 2 is 2.36 bits per heavy atom. The Bertz CT molecular complexity index is 247. The average Bonchev–Trinajstić information content (AvgIpc) is 2.93. The van der Waals surface area contributed by atoms with Crippen LogP contribution in [-0.4, -0.2) is 24.8 Å².